The third kappa shape index (κ3) is 2.93. The molecule has 0 spiro atoms. The molecular formula is C23H16N4O3. The zero-order chi connectivity index (χ0) is 20.7. The number of benzene rings is 2. The van der Waals surface area contributed by atoms with Gasteiger partial charge in [0.05, 0.1) is 11.3 Å². The number of oxazole rings is 1. The minimum absolute atomic E-state index is 0.223. The smallest absolute Gasteiger partial charge is 0.267 e. The van der Waals surface area contributed by atoms with Gasteiger partial charge in [-0.05, 0) is 36.4 Å². The summed E-state index contributed by atoms with van der Waals surface area (Å²) in [5.74, 6) is 0.691. The summed E-state index contributed by atoms with van der Waals surface area (Å²) in [6.45, 7) is 1.79. The molecule has 0 aliphatic heterocycles. The van der Waals surface area contributed by atoms with Crippen molar-refractivity contribution in [1.29, 1.82) is 0 Å². The number of aliphatic imine (C=N–C) groups is 1. The standard InChI is InChI=1S/C23H16N4O3/c1-14-26-19-12-15(9-10-20(19)30-14)25-13-18-16-6-2-3-7-17(16)22(28)27(23(18)29)21-8-4-5-11-24-21/h2-13,29H,1H3. The molecule has 0 radical (unpaired) electrons. The Morgan fingerprint density at radius 2 is 1.87 bits per heavy atom. The highest BCUT2D eigenvalue weighted by Crippen LogP contribution is 2.27. The molecule has 0 saturated carbocycles. The van der Waals surface area contributed by atoms with Crippen LogP contribution in [0.2, 0.25) is 0 Å². The van der Waals surface area contributed by atoms with Crippen molar-refractivity contribution in [3.05, 3.63) is 88.7 Å². The second kappa shape index (κ2) is 6.97. The number of hydrogen-bond donors (Lipinski definition) is 1. The summed E-state index contributed by atoms with van der Waals surface area (Å²) in [6.07, 6.45) is 3.12. The van der Waals surface area contributed by atoms with Crippen LogP contribution in [0, 0.1) is 6.92 Å². The maximum absolute atomic E-state index is 13.0. The lowest BCUT2D eigenvalue weighted by Crippen LogP contribution is -2.20. The molecule has 0 aliphatic rings. The number of rotatable bonds is 3. The van der Waals surface area contributed by atoms with Gasteiger partial charge in [0.1, 0.15) is 11.3 Å². The Kier molecular flexibility index (Phi) is 4.14. The topological polar surface area (TPSA) is 93.5 Å². The number of fused-ring (bicyclic) bond motifs is 2. The molecule has 1 N–H and O–H groups in total. The molecule has 0 atom stereocenters. The number of hydrogen-bond acceptors (Lipinski definition) is 6. The van der Waals surface area contributed by atoms with Crippen molar-refractivity contribution in [2.75, 3.05) is 0 Å². The van der Waals surface area contributed by atoms with E-state index in [-0.39, 0.29) is 11.4 Å². The lowest BCUT2D eigenvalue weighted by molar-refractivity contribution is 0.435. The molecule has 146 valence electrons. The third-order valence-corrected chi connectivity index (χ3v) is 4.80. The molecule has 0 saturated heterocycles. The van der Waals surface area contributed by atoms with Crippen LogP contribution in [0.5, 0.6) is 5.88 Å². The Bertz CT molecular complexity index is 1480. The fourth-order valence-electron chi connectivity index (χ4n) is 3.44. The van der Waals surface area contributed by atoms with E-state index in [1.807, 2.05) is 6.07 Å². The van der Waals surface area contributed by atoms with Gasteiger partial charge in [-0.2, -0.15) is 0 Å². The zero-order valence-electron chi connectivity index (χ0n) is 16.0. The highest BCUT2D eigenvalue weighted by molar-refractivity contribution is 6.02. The van der Waals surface area contributed by atoms with Crippen LogP contribution in [0.3, 0.4) is 0 Å². The maximum Gasteiger partial charge on any atom is 0.267 e. The largest absolute Gasteiger partial charge is 0.494 e. The second-order valence-corrected chi connectivity index (χ2v) is 6.75. The van der Waals surface area contributed by atoms with Crippen molar-refractivity contribution in [2.45, 2.75) is 6.92 Å². The van der Waals surface area contributed by atoms with E-state index in [1.165, 1.54) is 4.57 Å². The van der Waals surface area contributed by atoms with E-state index in [9.17, 15) is 9.90 Å². The van der Waals surface area contributed by atoms with Crippen LogP contribution < -0.4 is 5.56 Å². The average Bonchev–Trinajstić information content (AvgIpc) is 3.14. The number of aromatic hydroxyl groups is 1. The van der Waals surface area contributed by atoms with Crippen LogP contribution in [0.1, 0.15) is 11.5 Å². The SMILES string of the molecule is Cc1nc2cc(N=Cc3c(O)n(-c4ccccn4)c(=O)c4ccccc34)ccc2o1. The van der Waals surface area contributed by atoms with Crippen molar-refractivity contribution in [2.24, 2.45) is 4.99 Å². The maximum atomic E-state index is 13.0. The van der Waals surface area contributed by atoms with E-state index in [0.717, 1.165) is 0 Å². The molecule has 5 rings (SSSR count). The Morgan fingerprint density at radius 3 is 2.67 bits per heavy atom. The van der Waals surface area contributed by atoms with Crippen LogP contribution in [0.15, 0.2) is 81.1 Å². The Morgan fingerprint density at radius 1 is 1.07 bits per heavy atom. The van der Waals surface area contributed by atoms with Crippen molar-refractivity contribution < 1.29 is 9.52 Å². The normalized spacial score (nSPS) is 11.6. The summed E-state index contributed by atoms with van der Waals surface area (Å²) >= 11 is 0. The molecule has 0 bridgehead atoms. The van der Waals surface area contributed by atoms with Gasteiger partial charge in [0.25, 0.3) is 5.56 Å². The van der Waals surface area contributed by atoms with Gasteiger partial charge in [-0.15, -0.1) is 0 Å². The fourth-order valence-corrected chi connectivity index (χ4v) is 3.44. The fraction of sp³-hybridized carbons (Fsp3) is 0.0435. The second-order valence-electron chi connectivity index (χ2n) is 6.75. The quantitative estimate of drug-likeness (QED) is 0.459. The van der Waals surface area contributed by atoms with Gasteiger partial charge in [0.2, 0.25) is 5.88 Å². The molecule has 30 heavy (non-hydrogen) atoms. The van der Waals surface area contributed by atoms with Crippen LogP contribution in [-0.4, -0.2) is 25.9 Å². The molecule has 2 aromatic carbocycles. The predicted molar refractivity (Wildman–Crippen MR) is 115 cm³/mol. The van der Waals surface area contributed by atoms with E-state index >= 15 is 0 Å². The molecule has 3 heterocycles. The van der Waals surface area contributed by atoms with Gasteiger partial charge in [0.15, 0.2) is 11.5 Å². The van der Waals surface area contributed by atoms with Crippen LogP contribution in [0.25, 0.3) is 27.7 Å². The Hall–Kier alpha value is -4.26. The van der Waals surface area contributed by atoms with E-state index in [2.05, 4.69) is 15.0 Å². The first kappa shape index (κ1) is 17.8. The Balaban J connectivity index is 1.71. The summed E-state index contributed by atoms with van der Waals surface area (Å²) in [7, 11) is 0. The molecular weight excluding hydrogens is 380 g/mol. The zero-order valence-corrected chi connectivity index (χ0v) is 16.0. The van der Waals surface area contributed by atoms with Crippen molar-refractivity contribution >= 4 is 33.8 Å². The molecule has 5 aromatic rings. The van der Waals surface area contributed by atoms with Crippen molar-refractivity contribution in [1.82, 2.24) is 14.5 Å². The highest BCUT2D eigenvalue weighted by atomic mass is 16.3. The van der Waals surface area contributed by atoms with E-state index < -0.39 is 0 Å². The van der Waals surface area contributed by atoms with Gasteiger partial charge in [0, 0.05) is 30.1 Å². The summed E-state index contributed by atoms with van der Waals surface area (Å²) < 4.78 is 6.68. The van der Waals surface area contributed by atoms with Crippen LogP contribution in [-0.2, 0) is 0 Å². The van der Waals surface area contributed by atoms with Gasteiger partial charge in [-0.25, -0.2) is 14.5 Å². The molecule has 7 nitrogen and oxygen atoms in total. The summed E-state index contributed by atoms with van der Waals surface area (Å²) in [4.78, 5) is 26.1. The minimum atomic E-state index is -0.349. The van der Waals surface area contributed by atoms with Crippen LogP contribution >= 0.6 is 0 Å². The average molecular weight is 396 g/mol. The third-order valence-electron chi connectivity index (χ3n) is 4.80. The van der Waals surface area contributed by atoms with Crippen LogP contribution in [0.4, 0.5) is 5.69 Å². The van der Waals surface area contributed by atoms with Gasteiger partial charge in [-0.1, -0.05) is 24.3 Å². The summed E-state index contributed by atoms with van der Waals surface area (Å²) in [6, 6.07) is 17.7. The number of aromatic nitrogens is 3. The Labute approximate surface area is 170 Å². The van der Waals surface area contributed by atoms with E-state index in [1.54, 1.807) is 73.9 Å². The van der Waals surface area contributed by atoms with Crippen molar-refractivity contribution in [3.63, 3.8) is 0 Å². The van der Waals surface area contributed by atoms with Crippen molar-refractivity contribution in [3.8, 4) is 11.7 Å². The lowest BCUT2D eigenvalue weighted by atomic mass is 10.1. The lowest BCUT2D eigenvalue weighted by Gasteiger charge is -2.12. The van der Waals surface area contributed by atoms with Gasteiger partial charge < -0.3 is 9.52 Å². The highest BCUT2D eigenvalue weighted by Gasteiger charge is 2.16. The molecule has 0 aliphatic carbocycles. The number of nitrogens with zero attached hydrogens (tertiary/aromatic N) is 4. The number of aryl methyl sites for hydroxylation is 1. The van der Waals surface area contributed by atoms with E-state index in [4.69, 9.17) is 4.42 Å². The monoisotopic (exact) mass is 396 g/mol. The first-order valence-electron chi connectivity index (χ1n) is 9.31. The minimum Gasteiger partial charge on any atom is -0.494 e. The number of pyridine rings is 2. The van der Waals surface area contributed by atoms with E-state index in [0.29, 0.717) is 44.8 Å². The summed E-state index contributed by atoms with van der Waals surface area (Å²) in [5, 5.41) is 12.0. The predicted octanol–water partition coefficient (Wildman–Crippen LogP) is 4.29. The first-order valence-corrected chi connectivity index (χ1v) is 9.31. The molecule has 0 amide bonds. The first-order chi connectivity index (χ1) is 14.6. The molecule has 3 aromatic heterocycles. The summed E-state index contributed by atoms with van der Waals surface area (Å²) in [5.41, 5.74) is 2.11. The van der Waals surface area contributed by atoms with Gasteiger partial charge in [-0.3, -0.25) is 9.79 Å². The molecule has 0 unspecified atom stereocenters. The van der Waals surface area contributed by atoms with Gasteiger partial charge >= 0.3 is 0 Å². The molecule has 7 heteroatoms. The molecule has 0 fully saturated rings.